The second-order valence-electron chi connectivity index (χ2n) is 7.49. The number of nitrogens with zero attached hydrogens (tertiary/aromatic N) is 1. The van der Waals surface area contributed by atoms with E-state index in [2.05, 4.69) is 51.3 Å². The summed E-state index contributed by atoms with van der Waals surface area (Å²) in [5.41, 5.74) is 3.45. The van der Waals surface area contributed by atoms with Gasteiger partial charge in [0.05, 0.1) is 19.8 Å². The molecule has 0 radical (unpaired) electrons. The van der Waals surface area contributed by atoms with E-state index in [0.717, 1.165) is 36.5 Å². The number of ether oxygens (including phenoxy) is 1. The van der Waals surface area contributed by atoms with E-state index in [-0.39, 0.29) is 35.8 Å². The van der Waals surface area contributed by atoms with Gasteiger partial charge in [-0.3, -0.25) is 4.79 Å². The summed E-state index contributed by atoms with van der Waals surface area (Å²) < 4.78 is 5.84. The van der Waals surface area contributed by atoms with Gasteiger partial charge in [0, 0.05) is 25.6 Å². The lowest BCUT2D eigenvalue weighted by Gasteiger charge is -2.12. The third-order valence-corrected chi connectivity index (χ3v) is 4.80. The number of halogens is 1. The molecule has 0 aliphatic heterocycles. The quantitative estimate of drug-likeness (QED) is 0.178. The first-order chi connectivity index (χ1) is 14.7. The maximum absolute atomic E-state index is 11.7. The Morgan fingerprint density at radius 3 is 2.35 bits per heavy atom. The van der Waals surface area contributed by atoms with Gasteiger partial charge < -0.3 is 20.7 Å². The van der Waals surface area contributed by atoms with Gasteiger partial charge in [-0.25, -0.2) is 4.99 Å². The van der Waals surface area contributed by atoms with Gasteiger partial charge in [0.25, 0.3) is 0 Å². The van der Waals surface area contributed by atoms with Gasteiger partial charge in [0.2, 0.25) is 5.91 Å². The van der Waals surface area contributed by atoms with E-state index in [4.69, 9.17) is 4.74 Å². The number of aliphatic imine (C=N–C) groups is 1. The molecule has 0 spiro atoms. The van der Waals surface area contributed by atoms with Crippen molar-refractivity contribution in [1.82, 2.24) is 16.0 Å². The number of rotatable bonds is 11. The molecule has 1 saturated carbocycles. The molecule has 0 aromatic heterocycles. The lowest BCUT2D eigenvalue weighted by atomic mass is 10.1. The highest BCUT2D eigenvalue weighted by Crippen LogP contribution is 2.28. The molecule has 168 valence electrons. The number of guanidine groups is 1. The molecule has 1 fully saturated rings. The van der Waals surface area contributed by atoms with Crippen LogP contribution in [0.1, 0.15) is 36.5 Å². The van der Waals surface area contributed by atoms with Crippen molar-refractivity contribution in [3.05, 3.63) is 71.3 Å². The summed E-state index contributed by atoms with van der Waals surface area (Å²) in [7, 11) is 0. The third kappa shape index (κ3) is 9.69. The Bertz CT molecular complexity index is 825. The van der Waals surface area contributed by atoms with Crippen LogP contribution in [0.5, 0.6) is 0 Å². The van der Waals surface area contributed by atoms with E-state index in [1.807, 2.05) is 31.2 Å². The number of amides is 1. The van der Waals surface area contributed by atoms with Crippen molar-refractivity contribution in [3.8, 4) is 0 Å². The molecular formula is C24H33IN4O2. The van der Waals surface area contributed by atoms with Gasteiger partial charge in [-0.15, -0.1) is 24.0 Å². The van der Waals surface area contributed by atoms with Crippen molar-refractivity contribution in [3.63, 3.8) is 0 Å². The fraction of sp³-hybridized carbons (Fsp3) is 0.417. The SMILES string of the molecule is CCNC(=NCc1cccc(COCc2ccccc2)c1)NCCNC(=O)C1CC1.I. The number of carbonyl (C=O) groups is 1. The molecule has 2 aromatic carbocycles. The van der Waals surface area contributed by atoms with E-state index in [1.165, 1.54) is 5.56 Å². The highest BCUT2D eigenvalue weighted by atomic mass is 127. The van der Waals surface area contributed by atoms with Gasteiger partial charge in [-0.05, 0) is 36.5 Å². The minimum atomic E-state index is 0. The van der Waals surface area contributed by atoms with Crippen molar-refractivity contribution >= 4 is 35.8 Å². The standard InChI is InChI=1S/C24H32N4O2.HI/c1-2-25-24(27-14-13-26-23(29)22-11-12-22)28-16-20-9-6-10-21(15-20)18-30-17-19-7-4-3-5-8-19;/h3-10,15,22H,2,11-14,16-18H2,1H3,(H,26,29)(H2,25,27,28);1H. The van der Waals surface area contributed by atoms with Crippen LogP contribution in [0.25, 0.3) is 0 Å². The van der Waals surface area contributed by atoms with Crippen LogP contribution in [0, 0.1) is 5.92 Å². The van der Waals surface area contributed by atoms with E-state index >= 15 is 0 Å². The molecule has 0 saturated heterocycles. The van der Waals surface area contributed by atoms with E-state index in [9.17, 15) is 4.79 Å². The van der Waals surface area contributed by atoms with Crippen molar-refractivity contribution < 1.29 is 9.53 Å². The van der Waals surface area contributed by atoms with Gasteiger partial charge in [-0.2, -0.15) is 0 Å². The molecule has 6 nitrogen and oxygen atoms in total. The number of hydrogen-bond acceptors (Lipinski definition) is 3. The molecule has 1 aliphatic rings. The molecule has 0 heterocycles. The highest BCUT2D eigenvalue weighted by Gasteiger charge is 2.28. The monoisotopic (exact) mass is 536 g/mol. The fourth-order valence-electron chi connectivity index (χ4n) is 3.05. The molecule has 0 atom stereocenters. The van der Waals surface area contributed by atoms with Crippen molar-refractivity contribution in [1.29, 1.82) is 0 Å². The zero-order chi connectivity index (χ0) is 21.0. The molecule has 1 amide bonds. The average molecular weight is 536 g/mol. The zero-order valence-electron chi connectivity index (χ0n) is 18.1. The smallest absolute Gasteiger partial charge is 0.223 e. The summed E-state index contributed by atoms with van der Waals surface area (Å²) in [5.74, 6) is 1.17. The van der Waals surface area contributed by atoms with Crippen LogP contribution in [-0.4, -0.2) is 31.5 Å². The largest absolute Gasteiger partial charge is 0.372 e. The average Bonchev–Trinajstić information content (AvgIpc) is 3.61. The van der Waals surface area contributed by atoms with Crippen molar-refractivity contribution in [2.24, 2.45) is 10.9 Å². The van der Waals surface area contributed by atoms with E-state index < -0.39 is 0 Å². The molecule has 0 unspecified atom stereocenters. The first kappa shape index (κ1) is 25.1. The topological polar surface area (TPSA) is 74.8 Å². The Morgan fingerprint density at radius 1 is 0.935 bits per heavy atom. The molecule has 3 N–H and O–H groups in total. The van der Waals surface area contributed by atoms with E-state index in [0.29, 0.717) is 32.8 Å². The highest BCUT2D eigenvalue weighted by molar-refractivity contribution is 14.0. The van der Waals surface area contributed by atoms with E-state index in [1.54, 1.807) is 0 Å². The Kier molecular flexibility index (Phi) is 11.4. The van der Waals surface area contributed by atoms with Crippen LogP contribution in [0.3, 0.4) is 0 Å². The Hall–Kier alpha value is -2.13. The van der Waals surface area contributed by atoms with Crippen LogP contribution in [0.2, 0.25) is 0 Å². The van der Waals surface area contributed by atoms with Gasteiger partial charge >= 0.3 is 0 Å². The predicted molar refractivity (Wildman–Crippen MR) is 135 cm³/mol. The normalized spacial score (nSPS) is 13.3. The minimum Gasteiger partial charge on any atom is -0.372 e. The summed E-state index contributed by atoms with van der Waals surface area (Å²) in [6, 6.07) is 18.5. The molecule has 3 rings (SSSR count). The molecule has 31 heavy (non-hydrogen) atoms. The van der Waals surface area contributed by atoms with Crippen molar-refractivity contribution in [2.75, 3.05) is 19.6 Å². The third-order valence-electron chi connectivity index (χ3n) is 4.80. The first-order valence-electron chi connectivity index (χ1n) is 10.7. The van der Waals surface area contributed by atoms with Crippen LogP contribution in [0.4, 0.5) is 0 Å². The summed E-state index contributed by atoms with van der Waals surface area (Å²) in [6.07, 6.45) is 2.05. The lowest BCUT2D eigenvalue weighted by Crippen LogP contribution is -2.41. The molecular weight excluding hydrogens is 503 g/mol. The van der Waals surface area contributed by atoms with Crippen LogP contribution in [0.15, 0.2) is 59.6 Å². The van der Waals surface area contributed by atoms with Gasteiger partial charge in [-0.1, -0.05) is 54.6 Å². The molecule has 1 aliphatic carbocycles. The molecule has 0 bridgehead atoms. The molecule has 7 heteroatoms. The zero-order valence-corrected chi connectivity index (χ0v) is 20.4. The molecule has 2 aromatic rings. The summed E-state index contributed by atoms with van der Waals surface area (Å²) in [5, 5.41) is 9.47. The predicted octanol–water partition coefficient (Wildman–Crippen LogP) is 3.60. The lowest BCUT2D eigenvalue weighted by molar-refractivity contribution is -0.122. The van der Waals surface area contributed by atoms with Gasteiger partial charge in [0.15, 0.2) is 5.96 Å². The van der Waals surface area contributed by atoms with Gasteiger partial charge in [0.1, 0.15) is 0 Å². The van der Waals surface area contributed by atoms with Crippen LogP contribution < -0.4 is 16.0 Å². The summed E-state index contributed by atoms with van der Waals surface area (Å²) in [4.78, 5) is 16.3. The summed E-state index contributed by atoms with van der Waals surface area (Å²) >= 11 is 0. The van der Waals surface area contributed by atoms with Crippen LogP contribution >= 0.6 is 24.0 Å². The number of nitrogens with one attached hydrogen (secondary N) is 3. The fourth-order valence-corrected chi connectivity index (χ4v) is 3.05. The second-order valence-corrected chi connectivity index (χ2v) is 7.49. The number of benzene rings is 2. The van der Waals surface area contributed by atoms with Crippen LogP contribution in [-0.2, 0) is 29.3 Å². The number of hydrogen-bond donors (Lipinski definition) is 3. The maximum atomic E-state index is 11.7. The Balaban J connectivity index is 0.00000341. The minimum absolute atomic E-state index is 0. The first-order valence-corrected chi connectivity index (χ1v) is 10.7. The second kappa shape index (κ2) is 14.0. The van der Waals surface area contributed by atoms with Crippen molar-refractivity contribution in [2.45, 2.75) is 39.5 Å². The summed E-state index contributed by atoms with van der Waals surface area (Å²) in [6.45, 7) is 5.84. The Morgan fingerprint density at radius 2 is 1.61 bits per heavy atom. The Labute approximate surface area is 202 Å². The number of carbonyl (C=O) groups excluding carboxylic acids is 1. The maximum Gasteiger partial charge on any atom is 0.223 e.